The largest absolute Gasteiger partial charge is 0.464 e. The Kier molecular flexibility index (Phi) is 4.46. The van der Waals surface area contributed by atoms with Crippen molar-refractivity contribution in [2.75, 3.05) is 19.6 Å². The van der Waals surface area contributed by atoms with Crippen molar-refractivity contribution in [1.82, 2.24) is 9.88 Å². The molecule has 0 radical (unpaired) electrons. The molecule has 1 N–H and O–H groups in total. The molecule has 2 aromatic carbocycles. The van der Waals surface area contributed by atoms with Crippen molar-refractivity contribution in [3.05, 3.63) is 76.9 Å². The van der Waals surface area contributed by atoms with Crippen LogP contribution >= 0.6 is 11.6 Å². The first-order valence-corrected chi connectivity index (χ1v) is 9.89. The van der Waals surface area contributed by atoms with E-state index >= 15 is 0 Å². The van der Waals surface area contributed by atoms with Gasteiger partial charge in [0.2, 0.25) is 0 Å². The number of furan rings is 1. The lowest BCUT2D eigenvalue weighted by Crippen LogP contribution is -2.30. The smallest absolute Gasteiger partial charge is 0.134 e. The number of nitrogens with one attached hydrogen (secondary N) is 1. The van der Waals surface area contributed by atoms with Crippen LogP contribution in [0.4, 0.5) is 4.39 Å². The summed E-state index contributed by atoms with van der Waals surface area (Å²) in [6.07, 6.45) is 8.05. The number of hydrogen-bond acceptors (Lipinski definition) is 2. The Balaban J connectivity index is 1.28. The summed E-state index contributed by atoms with van der Waals surface area (Å²) in [6, 6.07) is 10.7. The number of aromatic amines is 1. The third kappa shape index (κ3) is 3.23. The second-order valence-corrected chi connectivity index (χ2v) is 7.76. The van der Waals surface area contributed by atoms with Gasteiger partial charge in [0.05, 0.1) is 6.26 Å². The summed E-state index contributed by atoms with van der Waals surface area (Å²) in [7, 11) is 0. The van der Waals surface area contributed by atoms with E-state index in [1.54, 1.807) is 6.07 Å². The molecule has 5 heteroatoms. The molecule has 0 amide bonds. The van der Waals surface area contributed by atoms with Crippen LogP contribution in [0.2, 0.25) is 5.02 Å². The highest BCUT2D eigenvalue weighted by molar-refractivity contribution is 6.31. The van der Waals surface area contributed by atoms with Crippen molar-refractivity contribution < 1.29 is 8.81 Å². The van der Waals surface area contributed by atoms with Gasteiger partial charge in [0.1, 0.15) is 11.4 Å². The molecule has 0 unspecified atom stereocenters. The molecule has 3 nitrogen and oxygen atoms in total. The van der Waals surface area contributed by atoms with Crippen molar-refractivity contribution in [2.45, 2.75) is 12.8 Å². The molecule has 4 aromatic rings. The van der Waals surface area contributed by atoms with Crippen LogP contribution in [0.25, 0.3) is 27.4 Å². The SMILES string of the molecule is Fc1ccc2c(C3=CCN(CCc4coc5ccc(Cl)cc45)CC3)c[nH]c2c1. The van der Waals surface area contributed by atoms with Gasteiger partial charge < -0.3 is 9.40 Å². The Morgan fingerprint density at radius 3 is 2.93 bits per heavy atom. The van der Waals surface area contributed by atoms with Crippen molar-refractivity contribution in [2.24, 2.45) is 0 Å². The minimum absolute atomic E-state index is 0.210. The van der Waals surface area contributed by atoms with Gasteiger partial charge in [0.25, 0.3) is 0 Å². The lowest BCUT2D eigenvalue weighted by Gasteiger charge is -2.26. The third-order valence-electron chi connectivity index (χ3n) is 5.60. The van der Waals surface area contributed by atoms with Crippen LogP contribution in [0.1, 0.15) is 17.5 Å². The van der Waals surface area contributed by atoms with E-state index in [4.69, 9.17) is 16.0 Å². The van der Waals surface area contributed by atoms with Crippen LogP contribution in [-0.4, -0.2) is 29.5 Å². The van der Waals surface area contributed by atoms with Crippen molar-refractivity contribution in [3.63, 3.8) is 0 Å². The fourth-order valence-corrected chi connectivity index (χ4v) is 4.22. The Morgan fingerprint density at radius 1 is 1.14 bits per heavy atom. The van der Waals surface area contributed by atoms with Crippen LogP contribution in [0, 0.1) is 5.82 Å². The zero-order valence-corrected chi connectivity index (χ0v) is 16.1. The van der Waals surface area contributed by atoms with Crippen molar-refractivity contribution >= 4 is 39.0 Å². The maximum Gasteiger partial charge on any atom is 0.134 e. The fourth-order valence-electron chi connectivity index (χ4n) is 4.05. The molecule has 0 atom stereocenters. The maximum atomic E-state index is 13.4. The van der Waals surface area contributed by atoms with Gasteiger partial charge in [-0.05, 0) is 60.4 Å². The molecule has 0 aliphatic carbocycles. The van der Waals surface area contributed by atoms with Gasteiger partial charge >= 0.3 is 0 Å². The number of fused-ring (bicyclic) bond motifs is 2. The molecule has 1 aliphatic heterocycles. The molecule has 2 aromatic heterocycles. The lowest BCUT2D eigenvalue weighted by atomic mass is 9.98. The highest BCUT2D eigenvalue weighted by Gasteiger charge is 2.16. The fraction of sp³-hybridized carbons (Fsp3) is 0.217. The Morgan fingerprint density at radius 2 is 2.07 bits per heavy atom. The minimum atomic E-state index is -0.210. The van der Waals surface area contributed by atoms with Crippen LogP contribution in [0.5, 0.6) is 0 Å². The number of H-pyrrole nitrogens is 1. The minimum Gasteiger partial charge on any atom is -0.464 e. The molecule has 0 bridgehead atoms. The van der Waals surface area contributed by atoms with Gasteiger partial charge in [-0.3, -0.25) is 4.90 Å². The Hall–Kier alpha value is -2.56. The van der Waals surface area contributed by atoms with Crippen molar-refractivity contribution in [3.8, 4) is 0 Å². The number of benzene rings is 2. The molecule has 142 valence electrons. The highest BCUT2D eigenvalue weighted by atomic mass is 35.5. The summed E-state index contributed by atoms with van der Waals surface area (Å²) in [5, 5.41) is 2.92. The first kappa shape index (κ1) is 17.5. The second-order valence-electron chi connectivity index (χ2n) is 7.32. The Labute approximate surface area is 167 Å². The number of nitrogens with zero attached hydrogens (tertiary/aromatic N) is 1. The maximum absolute atomic E-state index is 13.4. The summed E-state index contributed by atoms with van der Waals surface area (Å²) in [6.45, 7) is 2.90. The van der Waals surface area contributed by atoms with Gasteiger partial charge in [0.15, 0.2) is 0 Å². The summed E-state index contributed by atoms with van der Waals surface area (Å²) in [5.74, 6) is -0.210. The predicted octanol–water partition coefficient (Wildman–Crippen LogP) is 6.04. The first-order chi connectivity index (χ1) is 13.7. The topological polar surface area (TPSA) is 32.2 Å². The van der Waals surface area contributed by atoms with E-state index in [0.29, 0.717) is 0 Å². The molecule has 3 heterocycles. The number of halogens is 2. The molecule has 1 aliphatic rings. The molecule has 0 saturated heterocycles. The molecule has 0 fully saturated rings. The van der Waals surface area contributed by atoms with E-state index in [1.165, 1.54) is 22.8 Å². The normalized spacial score (nSPS) is 15.4. The van der Waals surface area contributed by atoms with Crippen LogP contribution < -0.4 is 0 Å². The Bertz CT molecular complexity index is 1190. The molecule has 0 saturated carbocycles. The number of hydrogen-bond donors (Lipinski definition) is 1. The van der Waals surface area contributed by atoms with Gasteiger partial charge in [-0.1, -0.05) is 17.7 Å². The number of aromatic nitrogens is 1. The lowest BCUT2D eigenvalue weighted by molar-refractivity contribution is 0.306. The highest BCUT2D eigenvalue weighted by Crippen LogP contribution is 2.30. The van der Waals surface area contributed by atoms with E-state index in [9.17, 15) is 4.39 Å². The van der Waals surface area contributed by atoms with Crippen molar-refractivity contribution in [1.29, 1.82) is 0 Å². The second kappa shape index (κ2) is 7.12. The average molecular weight is 395 g/mol. The van der Waals surface area contributed by atoms with Crippen LogP contribution in [0.3, 0.4) is 0 Å². The molecular weight excluding hydrogens is 375 g/mol. The summed E-state index contributed by atoms with van der Waals surface area (Å²) < 4.78 is 19.0. The van der Waals surface area contributed by atoms with Gasteiger partial charge in [-0.25, -0.2) is 4.39 Å². The zero-order chi connectivity index (χ0) is 19.1. The molecule has 5 rings (SSSR count). The van der Waals surface area contributed by atoms with E-state index in [-0.39, 0.29) is 5.82 Å². The summed E-state index contributed by atoms with van der Waals surface area (Å²) in [5.41, 5.74) is 5.45. The zero-order valence-electron chi connectivity index (χ0n) is 15.3. The summed E-state index contributed by atoms with van der Waals surface area (Å²) in [4.78, 5) is 5.63. The first-order valence-electron chi connectivity index (χ1n) is 9.51. The number of rotatable bonds is 4. The predicted molar refractivity (Wildman–Crippen MR) is 112 cm³/mol. The van der Waals surface area contributed by atoms with Gasteiger partial charge in [-0.2, -0.15) is 0 Å². The van der Waals surface area contributed by atoms with E-state index in [2.05, 4.69) is 16.0 Å². The van der Waals surface area contributed by atoms with Crippen LogP contribution in [0.15, 0.2) is 59.4 Å². The third-order valence-corrected chi connectivity index (χ3v) is 5.83. The van der Waals surface area contributed by atoms with Gasteiger partial charge in [-0.15, -0.1) is 0 Å². The van der Waals surface area contributed by atoms with Gasteiger partial charge in [0, 0.05) is 52.7 Å². The van der Waals surface area contributed by atoms with Crippen LogP contribution in [-0.2, 0) is 6.42 Å². The van der Waals surface area contributed by atoms with E-state index in [0.717, 1.165) is 59.4 Å². The quantitative estimate of drug-likeness (QED) is 0.457. The van der Waals surface area contributed by atoms with E-state index < -0.39 is 0 Å². The van der Waals surface area contributed by atoms with E-state index in [1.807, 2.05) is 36.7 Å². The molecule has 28 heavy (non-hydrogen) atoms. The molecule has 0 spiro atoms. The standard InChI is InChI=1S/C23H20ClFN2O/c24-17-1-4-23-20(11-17)16(14-28-23)7-10-27-8-5-15(6-9-27)21-13-26-22-12-18(25)2-3-19(21)22/h1-5,11-14,26H,6-10H2. The molecular formula is C23H20ClFN2O. The summed E-state index contributed by atoms with van der Waals surface area (Å²) >= 11 is 6.13. The average Bonchev–Trinajstić information content (AvgIpc) is 3.30. The monoisotopic (exact) mass is 394 g/mol.